The van der Waals surface area contributed by atoms with Gasteiger partial charge in [0.15, 0.2) is 0 Å². The van der Waals surface area contributed by atoms with Crippen LogP contribution >= 0.6 is 23.2 Å². The summed E-state index contributed by atoms with van der Waals surface area (Å²) in [7, 11) is 0. The molecule has 0 radical (unpaired) electrons. The fourth-order valence-electron chi connectivity index (χ4n) is 1.13. The maximum Gasteiger partial charge on any atom is 0.136 e. The fourth-order valence-corrected chi connectivity index (χ4v) is 1.48. The molecule has 0 bridgehead atoms. The first-order valence-corrected chi connectivity index (χ1v) is 6.16. The van der Waals surface area contributed by atoms with E-state index in [0.29, 0.717) is 6.42 Å². The zero-order valence-electron chi connectivity index (χ0n) is 9.30. The van der Waals surface area contributed by atoms with Crippen LogP contribution in [0.5, 0.6) is 0 Å². The van der Waals surface area contributed by atoms with Gasteiger partial charge in [0.2, 0.25) is 0 Å². The first-order chi connectivity index (χ1) is 7.45. The van der Waals surface area contributed by atoms with Crippen molar-refractivity contribution in [2.24, 2.45) is 0 Å². The number of ketones is 3. The van der Waals surface area contributed by atoms with Crippen molar-refractivity contribution in [2.45, 2.75) is 50.3 Å². The molecular formula is C11H16Cl2O3. The SMILES string of the molecule is CCC(=O)CCC(=O)CCC(=O)CC(Cl)Cl. The summed E-state index contributed by atoms with van der Waals surface area (Å²) < 4.78 is 0. The Morgan fingerprint density at radius 1 is 0.875 bits per heavy atom. The second-order valence-electron chi connectivity index (χ2n) is 3.56. The highest BCUT2D eigenvalue weighted by molar-refractivity contribution is 6.45. The summed E-state index contributed by atoms with van der Waals surface area (Å²) in [5.41, 5.74) is 0. The van der Waals surface area contributed by atoms with E-state index in [-0.39, 0.29) is 49.5 Å². The topological polar surface area (TPSA) is 51.2 Å². The van der Waals surface area contributed by atoms with E-state index in [9.17, 15) is 14.4 Å². The summed E-state index contributed by atoms with van der Waals surface area (Å²) in [5, 5.41) is 0. The van der Waals surface area contributed by atoms with Gasteiger partial charge in [-0.15, -0.1) is 23.2 Å². The van der Waals surface area contributed by atoms with E-state index >= 15 is 0 Å². The molecule has 0 saturated heterocycles. The van der Waals surface area contributed by atoms with Gasteiger partial charge in [0, 0.05) is 38.5 Å². The molecule has 0 amide bonds. The lowest BCUT2D eigenvalue weighted by Gasteiger charge is -2.01. The summed E-state index contributed by atoms with van der Waals surface area (Å²) in [5.74, 6) is -0.109. The van der Waals surface area contributed by atoms with Crippen LogP contribution in [-0.2, 0) is 14.4 Å². The van der Waals surface area contributed by atoms with Crippen LogP contribution in [-0.4, -0.2) is 22.2 Å². The molecule has 92 valence electrons. The average Bonchev–Trinajstić information content (AvgIpc) is 2.22. The molecule has 0 aliphatic carbocycles. The van der Waals surface area contributed by atoms with Crippen molar-refractivity contribution in [2.75, 3.05) is 0 Å². The molecule has 0 aliphatic rings. The average molecular weight is 267 g/mol. The number of rotatable bonds is 9. The number of hydrogen-bond acceptors (Lipinski definition) is 3. The Morgan fingerprint density at radius 2 is 1.31 bits per heavy atom. The number of halogens is 2. The largest absolute Gasteiger partial charge is 0.300 e. The molecule has 0 aromatic carbocycles. The van der Waals surface area contributed by atoms with Crippen molar-refractivity contribution < 1.29 is 14.4 Å². The van der Waals surface area contributed by atoms with Crippen molar-refractivity contribution in [3.05, 3.63) is 0 Å². The molecule has 0 heterocycles. The van der Waals surface area contributed by atoms with E-state index in [1.165, 1.54) is 0 Å². The van der Waals surface area contributed by atoms with Gasteiger partial charge >= 0.3 is 0 Å². The highest BCUT2D eigenvalue weighted by Gasteiger charge is 2.11. The minimum atomic E-state index is -0.704. The third-order valence-electron chi connectivity index (χ3n) is 2.14. The molecular weight excluding hydrogens is 251 g/mol. The monoisotopic (exact) mass is 266 g/mol. The fraction of sp³-hybridized carbons (Fsp3) is 0.727. The molecule has 5 heteroatoms. The van der Waals surface area contributed by atoms with Gasteiger partial charge in [-0.05, 0) is 0 Å². The minimum Gasteiger partial charge on any atom is -0.300 e. The number of carbonyl (C=O) groups is 3. The first kappa shape index (κ1) is 15.6. The minimum absolute atomic E-state index is 0.0594. The molecule has 0 atom stereocenters. The van der Waals surface area contributed by atoms with E-state index in [1.807, 2.05) is 0 Å². The summed E-state index contributed by atoms with van der Waals surface area (Å²) in [6, 6.07) is 0. The van der Waals surface area contributed by atoms with Gasteiger partial charge in [0.05, 0.1) is 0 Å². The van der Waals surface area contributed by atoms with Crippen molar-refractivity contribution in [3.8, 4) is 0 Å². The summed E-state index contributed by atoms with van der Waals surface area (Å²) in [4.78, 5) is 32.7. The van der Waals surface area contributed by atoms with E-state index in [4.69, 9.17) is 23.2 Å². The van der Waals surface area contributed by atoms with Gasteiger partial charge in [0.1, 0.15) is 22.2 Å². The van der Waals surface area contributed by atoms with Crippen LogP contribution in [0.1, 0.15) is 45.4 Å². The number of carbonyl (C=O) groups excluding carboxylic acids is 3. The van der Waals surface area contributed by atoms with Crippen molar-refractivity contribution in [3.63, 3.8) is 0 Å². The molecule has 0 aliphatic heterocycles. The van der Waals surface area contributed by atoms with E-state index in [1.54, 1.807) is 6.92 Å². The molecule has 16 heavy (non-hydrogen) atoms. The zero-order valence-corrected chi connectivity index (χ0v) is 10.8. The van der Waals surface area contributed by atoms with Crippen molar-refractivity contribution >= 4 is 40.6 Å². The number of hydrogen-bond donors (Lipinski definition) is 0. The highest BCUT2D eigenvalue weighted by atomic mass is 35.5. The van der Waals surface area contributed by atoms with E-state index in [2.05, 4.69) is 0 Å². The Bertz CT molecular complexity index is 262. The molecule has 0 rings (SSSR count). The Labute approximate surface area is 105 Å². The van der Waals surface area contributed by atoms with E-state index < -0.39 is 4.84 Å². The van der Waals surface area contributed by atoms with Crippen LogP contribution < -0.4 is 0 Å². The van der Waals surface area contributed by atoms with Crippen LogP contribution in [0.4, 0.5) is 0 Å². The van der Waals surface area contributed by atoms with Crippen LogP contribution in [0.15, 0.2) is 0 Å². The van der Waals surface area contributed by atoms with Gasteiger partial charge < -0.3 is 0 Å². The van der Waals surface area contributed by atoms with Crippen molar-refractivity contribution in [1.82, 2.24) is 0 Å². The van der Waals surface area contributed by atoms with Crippen LogP contribution in [0.25, 0.3) is 0 Å². The summed E-state index contributed by atoms with van der Waals surface area (Å²) in [6.45, 7) is 1.76. The summed E-state index contributed by atoms with van der Waals surface area (Å²) in [6.07, 6.45) is 1.37. The molecule has 0 aromatic rings. The van der Waals surface area contributed by atoms with Crippen LogP contribution in [0.2, 0.25) is 0 Å². The molecule has 0 saturated carbocycles. The Hall–Kier alpha value is -0.410. The van der Waals surface area contributed by atoms with Crippen LogP contribution in [0, 0.1) is 0 Å². The third kappa shape index (κ3) is 8.86. The van der Waals surface area contributed by atoms with Crippen LogP contribution in [0.3, 0.4) is 0 Å². The Morgan fingerprint density at radius 3 is 1.75 bits per heavy atom. The normalized spacial score (nSPS) is 10.5. The van der Waals surface area contributed by atoms with Crippen molar-refractivity contribution in [1.29, 1.82) is 0 Å². The highest BCUT2D eigenvalue weighted by Crippen LogP contribution is 2.10. The molecule has 0 aromatic heterocycles. The molecule has 0 N–H and O–H groups in total. The van der Waals surface area contributed by atoms with Gasteiger partial charge in [0.25, 0.3) is 0 Å². The van der Waals surface area contributed by atoms with Gasteiger partial charge in [-0.3, -0.25) is 14.4 Å². The predicted molar refractivity (Wildman–Crippen MR) is 63.9 cm³/mol. The first-order valence-electron chi connectivity index (χ1n) is 5.29. The maximum atomic E-state index is 11.3. The summed E-state index contributed by atoms with van der Waals surface area (Å²) >= 11 is 10.8. The van der Waals surface area contributed by atoms with Gasteiger partial charge in [-0.25, -0.2) is 0 Å². The Kier molecular flexibility index (Phi) is 8.49. The lowest BCUT2D eigenvalue weighted by atomic mass is 10.1. The molecule has 0 spiro atoms. The molecule has 3 nitrogen and oxygen atoms in total. The third-order valence-corrected chi connectivity index (χ3v) is 2.45. The molecule has 0 unspecified atom stereocenters. The maximum absolute atomic E-state index is 11.3. The standard InChI is InChI=1S/C11H16Cl2O3/c1-2-8(14)3-4-9(15)5-6-10(16)7-11(12)13/h11H,2-7H2,1H3. The molecule has 0 fully saturated rings. The lowest BCUT2D eigenvalue weighted by molar-refractivity contribution is -0.125. The lowest BCUT2D eigenvalue weighted by Crippen LogP contribution is -2.08. The Balaban J connectivity index is 3.65. The van der Waals surface area contributed by atoms with Gasteiger partial charge in [-0.1, -0.05) is 6.92 Å². The van der Waals surface area contributed by atoms with Gasteiger partial charge in [-0.2, -0.15) is 0 Å². The van der Waals surface area contributed by atoms with E-state index in [0.717, 1.165) is 0 Å². The smallest absolute Gasteiger partial charge is 0.136 e. The zero-order chi connectivity index (χ0) is 12.6. The predicted octanol–water partition coefficient (Wildman–Crippen LogP) is 2.86. The quantitative estimate of drug-likeness (QED) is 0.603. The second kappa shape index (κ2) is 8.71. The second-order valence-corrected chi connectivity index (χ2v) is 4.84. The number of Topliss-reactive ketones (excluding diaryl/α,β-unsaturated/α-hetero) is 3. The number of alkyl halides is 2.